The molecule has 356 valence electrons. The quantitative estimate of drug-likeness (QED) is 0.0676. The smallest absolute Gasteiger partial charge is 0.164 e. The van der Waals surface area contributed by atoms with Crippen LogP contribution in [0.4, 0.5) is 17.6 Å². The Morgan fingerprint density at radius 1 is 0.397 bits per heavy atom. The Balaban J connectivity index is 1.02. The molecule has 0 N–H and O–H groups in total. The highest BCUT2D eigenvalue weighted by molar-refractivity contribution is 5.25. The lowest BCUT2D eigenvalue weighted by molar-refractivity contribution is -0.0962. The fourth-order valence-electron chi connectivity index (χ4n) is 13.4. The van der Waals surface area contributed by atoms with Crippen molar-refractivity contribution in [2.45, 2.75) is 244 Å². The predicted molar refractivity (Wildman–Crippen MR) is 256 cm³/mol. The molecule has 2 atom stereocenters. The van der Waals surface area contributed by atoms with E-state index in [1.54, 1.807) is 24.3 Å². The fourth-order valence-corrected chi connectivity index (χ4v) is 13.4. The summed E-state index contributed by atoms with van der Waals surface area (Å²) in [5.74, 6) is 1.10. The molecule has 4 aliphatic carbocycles. The lowest BCUT2D eigenvalue weighted by atomic mass is 9.67. The monoisotopic (exact) mass is 879 g/mol. The molecule has 2 aromatic rings. The molecular formula is C58H90F4O. The fraction of sp³-hybridized carbons (Fsp3) is 0.793. The summed E-state index contributed by atoms with van der Waals surface area (Å²) in [6.45, 7) is 4.57. The van der Waals surface area contributed by atoms with E-state index in [2.05, 4.69) is 13.8 Å². The molecule has 6 rings (SSSR count). The maximum absolute atomic E-state index is 15.9. The van der Waals surface area contributed by atoms with Crippen LogP contribution >= 0.6 is 0 Å². The topological polar surface area (TPSA) is 9.23 Å². The largest absolute Gasteiger partial charge is 0.365 e. The van der Waals surface area contributed by atoms with E-state index in [0.717, 1.165) is 75.0 Å². The summed E-state index contributed by atoms with van der Waals surface area (Å²) in [5, 5.41) is 0. The van der Waals surface area contributed by atoms with Crippen molar-refractivity contribution in [3.8, 4) is 0 Å². The molecule has 0 amide bonds. The van der Waals surface area contributed by atoms with Gasteiger partial charge in [0.15, 0.2) is 23.3 Å². The van der Waals surface area contributed by atoms with E-state index in [4.69, 9.17) is 4.74 Å². The van der Waals surface area contributed by atoms with Crippen molar-refractivity contribution < 1.29 is 22.3 Å². The lowest BCUT2D eigenvalue weighted by Gasteiger charge is -2.43. The first-order valence-electron chi connectivity index (χ1n) is 27.4. The van der Waals surface area contributed by atoms with E-state index in [1.807, 2.05) is 0 Å². The van der Waals surface area contributed by atoms with Gasteiger partial charge in [-0.05, 0) is 137 Å². The second-order valence-electron chi connectivity index (χ2n) is 21.7. The molecule has 0 radical (unpaired) electrons. The average molecular weight is 879 g/mol. The Kier molecular flexibility index (Phi) is 22.2. The predicted octanol–water partition coefficient (Wildman–Crippen LogP) is 19.3. The van der Waals surface area contributed by atoms with Crippen molar-refractivity contribution in [3.05, 3.63) is 70.8 Å². The third-order valence-corrected chi connectivity index (χ3v) is 17.4. The molecule has 2 aromatic carbocycles. The van der Waals surface area contributed by atoms with Gasteiger partial charge in [0, 0.05) is 11.1 Å². The van der Waals surface area contributed by atoms with Gasteiger partial charge in [0.1, 0.15) is 0 Å². The standard InChI is InChI=1S/C58H90F4O/c1-3-5-7-9-11-13-15-17-21-43-27-31-45(32-28-43)47-35-39-49(40-36-47)57(51-23-19-25-53(59)55(51)61)63-58(52-24-20-26-54(60)56(52)62)50-41-37-48(38-42-50)46-33-29-44(30-34-46)22-18-16-14-12-10-8-6-4-2/h19-20,23-26,43-50,57-58H,3-18,21-22,27-42H2,1-2H3. The Hall–Kier alpha value is -1.88. The van der Waals surface area contributed by atoms with Gasteiger partial charge in [-0.15, -0.1) is 0 Å². The van der Waals surface area contributed by atoms with Crippen LogP contribution < -0.4 is 0 Å². The van der Waals surface area contributed by atoms with Gasteiger partial charge in [-0.1, -0.05) is 179 Å². The summed E-state index contributed by atoms with van der Waals surface area (Å²) in [5.41, 5.74) is 0.471. The van der Waals surface area contributed by atoms with Crippen molar-refractivity contribution in [2.75, 3.05) is 0 Å². The Morgan fingerprint density at radius 2 is 0.698 bits per heavy atom. The SMILES string of the molecule is CCCCCCCCCCC1CCC(C2CCC(C(OC(c3cccc(F)c3F)C3CCC(C4CCC(CCCCCCCCCC)CC4)CC3)c3cccc(F)c3F)CC2)CC1. The first kappa shape index (κ1) is 50.5. The summed E-state index contributed by atoms with van der Waals surface area (Å²) < 4.78 is 68.9. The Bertz CT molecular complexity index is 1410. The molecule has 5 heteroatoms. The van der Waals surface area contributed by atoms with Crippen LogP contribution in [-0.4, -0.2) is 0 Å². The van der Waals surface area contributed by atoms with Gasteiger partial charge < -0.3 is 4.74 Å². The first-order valence-corrected chi connectivity index (χ1v) is 27.4. The molecule has 4 fully saturated rings. The van der Waals surface area contributed by atoms with Gasteiger partial charge >= 0.3 is 0 Å². The van der Waals surface area contributed by atoms with Gasteiger partial charge in [-0.25, -0.2) is 17.6 Å². The molecule has 0 spiro atoms. The van der Waals surface area contributed by atoms with Crippen LogP contribution in [0.25, 0.3) is 0 Å². The number of hydrogen-bond acceptors (Lipinski definition) is 1. The zero-order chi connectivity index (χ0) is 44.2. The van der Waals surface area contributed by atoms with Crippen molar-refractivity contribution in [2.24, 2.45) is 47.3 Å². The Morgan fingerprint density at radius 3 is 1.03 bits per heavy atom. The van der Waals surface area contributed by atoms with Gasteiger partial charge in [0.05, 0.1) is 12.2 Å². The van der Waals surface area contributed by atoms with Crippen LogP contribution in [0.1, 0.15) is 255 Å². The van der Waals surface area contributed by atoms with Crippen LogP contribution in [-0.2, 0) is 4.74 Å². The summed E-state index contributed by atoms with van der Waals surface area (Å²) in [7, 11) is 0. The minimum absolute atomic E-state index is 0.00713. The Labute approximate surface area is 383 Å². The number of benzene rings is 2. The highest BCUT2D eigenvalue weighted by Gasteiger charge is 2.41. The molecule has 0 saturated heterocycles. The van der Waals surface area contributed by atoms with Crippen LogP contribution in [0.15, 0.2) is 36.4 Å². The van der Waals surface area contributed by atoms with Crippen LogP contribution in [0, 0.1) is 70.6 Å². The molecule has 0 bridgehead atoms. The number of halogens is 4. The number of ether oxygens (including phenoxy) is 1. The lowest BCUT2D eigenvalue weighted by Crippen LogP contribution is -2.32. The van der Waals surface area contributed by atoms with Gasteiger partial charge in [0.2, 0.25) is 0 Å². The average Bonchev–Trinajstić information content (AvgIpc) is 3.31. The van der Waals surface area contributed by atoms with Gasteiger partial charge in [-0.3, -0.25) is 0 Å². The van der Waals surface area contributed by atoms with Gasteiger partial charge in [0.25, 0.3) is 0 Å². The molecule has 0 heterocycles. The minimum atomic E-state index is -0.875. The summed E-state index contributed by atoms with van der Waals surface area (Å²) in [6, 6.07) is 8.84. The molecule has 4 saturated carbocycles. The second-order valence-corrected chi connectivity index (χ2v) is 21.7. The van der Waals surface area contributed by atoms with Crippen LogP contribution in [0.2, 0.25) is 0 Å². The molecule has 1 nitrogen and oxygen atoms in total. The molecule has 4 aliphatic rings. The van der Waals surface area contributed by atoms with Crippen molar-refractivity contribution in [3.63, 3.8) is 0 Å². The van der Waals surface area contributed by atoms with E-state index in [-0.39, 0.29) is 23.0 Å². The molecule has 2 unspecified atom stereocenters. The van der Waals surface area contributed by atoms with Crippen molar-refractivity contribution >= 4 is 0 Å². The maximum Gasteiger partial charge on any atom is 0.164 e. The number of unbranched alkanes of at least 4 members (excludes halogenated alkanes) is 14. The van der Waals surface area contributed by atoms with Crippen LogP contribution in [0.5, 0.6) is 0 Å². The minimum Gasteiger partial charge on any atom is -0.365 e. The highest BCUT2D eigenvalue weighted by atomic mass is 19.2. The molecule has 0 aliphatic heterocycles. The third kappa shape index (κ3) is 15.6. The maximum atomic E-state index is 15.9. The van der Waals surface area contributed by atoms with E-state index >= 15 is 8.78 Å². The summed E-state index contributed by atoms with van der Waals surface area (Å²) in [6.07, 6.45) is 42.0. The first-order chi connectivity index (χ1) is 30.9. The highest BCUT2D eigenvalue weighted by Crippen LogP contribution is 2.51. The van der Waals surface area contributed by atoms with Crippen molar-refractivity contribution in [1.29, 1.82) is 0 Å². The zero-order valence-electron chi connectivity index (χ0n) is 40.2. The second kappa shape index (κ2) is 27.7. The molecule has 0 aromatic heterocycles. The van der Waals surface area contributed by atoms with Gasteiger partial charge in [-0.2, -0.15) is 0 Å². The van der Waals surface area contributed by atoms with Crippen molar-refractivity contribution in [1.82, 2.24) is 0 Å². The van der Waals surface area contributed by atoms with E-state index in [0.29, 0.717) is 11.8 Å². The van der Waals surface area contributed by atoms with E-state index in [1.165, 1.54) is 179 Å². The summed E-state index contributed by atoms with van der Waals surface area (Å²) in [4.78, 5) is 0. The summed E-state index contributed by atoms with van der Waals surface area (Å²) >= 11 is 0. The third-order valence-electron chi connectivity index (χ3n) is 17.4. The number of rotatable bonds is 26. The normalized spacial score (nSPS) is 27.9. The van der Waals surface area contributed by atoms with E-state index in [9.17, 15) is 8.78 Å². The van der Waals surface area contributed by atoms with Crippen LogP contribution in [0.3, 0.4) is 0 Å². The molecule has 63 heavy (non-hydrogen) atoms. The van der Waals surface area contributed by atoms with E-state index < -0.39 is 35.5 Å². The number of hydrogen-bond donors (Lipinski definition) is 0. The molecular weight excluding hydrogens is 789 g/mol. The zero-order valence-corrected chi connectivity index (χ0v) is 40.2.